The molecule has 3 N–H and O–H groups in total. The van der Waals surface area contributed by atoms with Gasteiger partial charge in [0.05, 0.1) is 30.1 Å². The highest BCUT2D eigenvalue weighted by Gasteiger charge is 2.35. The van der Waals surface area contributed by atoms with E-state index in [2.05, 4.69) is 21.2 Å². The Morgan fingerprint density at radius 1 is 1.35 bits per heavy atom. The zero-order valence-electron chi connectivity index (χ0n) is 13.7. The van der Waals surface area contributed by atoms with Gasteiger partial charge < -0.3 is 20.4 Å². The summed E-state index contributed by atoms with van der Waals surface area (Å²) in [6.07, 6.45) is 0.310. The fraction of sp³-hybridized carbons (Fsp3) is 0.235. The molecule has 0 bridgehead atoms. The molecule has 2 heterocycles. The Hall–Kier alpha value is -2.68. The lowest BCUT2D eigenvalue weighted by atomic mass is 9.98. The lowest BCUT2D eigenvalue weighted by Gasteiger charge is -2.17. The first-order valence-corrected chi connectivity index (χ1v) is 8.50. The monoisotopic (exact) mass is 423 g/mol. The summed E-state index contributed by atoms with van der Waals surface area (Å²) in [5, 5.41) is 2.75. The largest absolute Gasteiger partial charge is 0.465 e. The molecule has 1 atom stereocenters. The highest BCUT2D eigenvalue weighted by molar-refractivity contribution is 9.10. The van der Waals surface area contributed by atoms with Crippen LogP contribution in [0.3, 0.4) is 0 Å². The molecular formula is C17H15BrFN3O4. The standard InChI is InChI=1S/C17H15BrFN3O4/c1-26-17(25)14-12(21-11-3-2-8(18)6-10(11)19)7-13(23)22-5-4-9(15(14)22)16(20)24/h2-3,6-7,9,21H,4-5H2,1H3,(H2,20,24). The number of nitrogens with zero attached hydrogens (tertiary/aromatic N) is 1. The van der Waals surface area contributed by atoms with Crippen LogP contribution >= 0.6 is 15.9 Å². The Morgan fingerprint density at radius 2 is 2.08 bits per heavy atom. The molecule has 3 rings (SSSR count). The molecule has 136 valence electrons. The van der Waals surface area contributed by atoms with Gasteiger partial charge in [-0.25, -0.2) is 9.18 Å². The number of fused-ring (bicyclic) bond motifs is 1. The molecule has 0 spiro atoms. The number of nitrogens with two attached hydrogens (primary N) is 1. The van der Waals surface area contributed by atoms with Gasteiger partial charge in [-0.3, -0.25) is 9.59 Å². The molecule has 0 radical (unpaired) electrons. The van der Waals surface area contributed by atoms with Crippen LogP contribution in [0.25, 0.3) is 0 Å². The SMILES string of the molecule is COC(=O)c1c(Nc2ccc(Br)cc2F)cc(=O)n2c1C(C(N)=O)CC2. The van der Waals surface area contributed by atoms with E-state index < -0.39 is 29.2 Å². The van der Waals surface area contributed by atoms with Crippen molar-refractivity contribution in [1.29, 1.82) is 0 Å². The molecule has 9 heteroatoms. The number of benzene rings is 1. The number of anilines is 2. The quantitative estimate of drug-likeness (QED) is 0.733. The maximum absolute atomic E-state index is 14.2. The summed E-state index contributed by atoms with van der Waals surface area (Å²) in [5.41, 5.74) is 5.32. The van der Waals surface area contributed by atoms with E-state index in [1.165, 1.54) is 29.9 Å². The summed E-state index contributed by atoms with van der Waals surface area (Å²) in [4.78, 5) is 36.6. The van der Waals surface area contributed by atoms with Gasteiger partial charge in [-0.15, -0.1) is 0 Å². The zero-order valence-corrected chi connectivity index (χ0v) is 15.3. The normalized spacial score (nSPS) is 15.4. The van der Waals surface area contributed by atoms with Gasteiger partial charge in [0.25, 0.3) is 5.56 Å². The molecule has 0 saturated carbocycles. The van der Waals surface area contributed by atoms with Gasteiger partial charge >= 0.3 is 5.97 Å². The predicted octanol–water partition coefficient (Wildman–Crippen LogP) is 2.25. The molecule has 2 aromatic rings. The summed E-state index contributed by atoms with van der Waals surface area (Å²) in [6, 6.07) is 5.49. The average Bonchev–Trinajstić information content (AvgIpc) is 3.02. The Balaban J connectivity index is 2.21. The van der Waals surface area contributed by atoms with Crippen LogP contribution in [0.4, 0.5) is 15.8 Å². The number of nitrogens with one attached hydrogen (secondary N) is 1. The highest BCUT2D eigenvalue weighted by atomic mass is 79.9. The summed E-state index contributed by atoms with van der Waals surface area (Å²) >= 11 is 3.16. The molecule has 0 aliphatic carbocycles. The molecule has 1 aromatic carbocycles. The fourth-order valence-corrected chi connectivity index (χ4v) is 3.41. The number of hydrogen-bond acceptors (Lipinski definition) is 5. The lowest BCUT2D eigenvalue weighted by molar-refractivity contribution is -0.119. The average molecular weight is 424 g/mol. The van der Waals surface area contributed by atoms with E-state index in [1.54, 1.807) is 6.07 Å². The van der Waals surface area contributed by atoms with E-state index in [9.17, 15) is 18.8 Å². The third kappa shape index (κ3) is 3.10. The summed E-state index contributed by atoms with van der Waals surface area (Å²) in [7, 11) is 1.18. The molecule has 1 unspecified atom stereocenters. The first-order valence-electron chi connectivity index (χ1n) is 7.71. The van der Waals surface area contributed by atoms with Crippen LogP contribution < -0.4 is 16.6 Å². The first kappa shape index (κ1) is 18.1. The van der Waals surface area contributed by atoms with E-state index in [0.29, 0.717) is 10.9 Å². The zero-order chi connectivity index (χ0) is 19.0. The number of esters is 1. The minimum atomic E-state index is -0.798. The summed E-state index contributed by atoms with van der Waals surface area (Å²) in [5.74, 6) is -2.77. The van der Waals surface area contributed by atoms with E-state index in [1.807, 2.05) is 0 Å². The number of methoxy groups -OCH3 is 1. The number of hydrogen-bond donors (Lipinski definition) is 2. The highest BCUT2D eigenvalue weighted by Crippen LogP contribution is 2.34. The van der Waals surface area contributed by atoms with Gasteiger partial charge in [-0.2, -0.15) is 0 Å². The number of ether oxygens (including phenoxy) is 1. The van der Waals surface area contributed by atoms with Crippen LogP contribution in [-0.2, 0) is 16.1 Å². The van der Waals surface area contributed by atoms with Crippen molar-refractivity contribution in [3.63, 3.8) is 0 Å². The number of primary amides is 1. The lowest BCUT2D eigenvalue weighted by Crippen LogP contribution is -2.27. The van der Waals surface area contributed by atoms with Crippen LogP contribution in [0, 0.1) is 5.82 Å². The number of aromatic nitrogens is 1. The number of carbonyl (C=O) groups is 2. The Labute approximate surface area is 156 Å². The van der Waals surface area contributed by atoms with E-state index >= 15 is 0 Å². The third-order valence-electron chi connectivity index (χ3n) is 4.25. The van der Waals surface area contributed by atoms with Crippen LogP contribution in [-0.4, -0.2) is 23.6 Å². The van der Waals surface area contributed by atoms with E-state index in [0.717, 1.165) is 0 Å². The summed E-state index contributed by atoms with van der Waals surface area (Å²) in [6.45, 7) is 0.263. The van der Waals surface area contributed by atoms with Gasteiger partial charge in [-0.05, 0) is 24.6 Å². The molecule has 0 saturated heterocycles. The third-order valence-corrected chi connectivity index (χ3v) is 4.75. The topological polar surface area (TPSA) is 103 Å². The van der Waals surface area contributed by atoms with Crippen molar-refractivity contribution < 1.29 is 18.7 Å². The van der Waals surface area contributed by atoms with Crippen molar-refractivity contribution in [2.45, 2.75) is 18.9 Å². The van der Waals surface area contributed by atoms with Crippen molar-refractivity contribution in [3.8, 4) is 0 Å². The Kier molecular flexibility index (Phi) is 4.82. The van der Waals surface area contributed by atoms with E-state index in [4.69, 9.17) is 10.5 Å². The number of rotatable bonds is 4. The second-order valence-corrected chi connectivity index (χ2v) is 6.71. The molecule has 26 heavy (non-hydrogen) atoms. The van der Waals surface area contributed by atoms with Gasteiger partial charge in [0.1, 0.15) is 11.4 Å². The Bertz CT molecular complexity index is 973. The molecule has 0 fully saturated rings. The fourth-order valence-electron chi connectivity index (χ4n) is 3.08. The number of carbonyl (C=O) groups excluding carboxylic acids is 2. The molecule has 1 aliphatic rings. The van der Waals surface area contributed by atoms with E-state index in [-0.39, 0.29) is 29.2 Å². The number of halogens is 2. The second-order valence-electron chi connectivity index (χ2n) is 5.79. The molecule has 1 amide bonds. The van der Waals surface area contributed by atoms with Crippen LogP contribution in [0.5, 0.6) is 0 Å². The Morgan fingerprint density at radius 3 is 2.69 bits per heavy atom. The molecular weight excluding hydrogens is 409 g/mol. The van der Waals surface area contributed by atoms with Crippen molar-refractivity contribution in [2.75, 3.05) is 12.4 Å². The van der Waals surface area contributed by atoms with Crippen molar-refractivity contribution in [1.82, 2.24) is 4.57 Å². The molecule has 1 aromatic heterocycles. The minimum absolute atomic E-state index is 0.00396. The predicted molar refractivity (Wildman–Crippen MR) is 96.0 cm³/mol. The minimum Gasteiger partial charge on any atom is -0.465 e. The number of amides is 1. The van der Waals surface area contributed by atoms with Crippen LogP contribution in [0.1, 0.15) is 28.4 Å². The first-order chi connectivity index (χ1) is 12.3. The van der Waals surface area contributed by atoms with Crippen molar-refractivity contribution in [2.24, 2.45) is 5.73 Å². The van der Waals surface area contributed by atoms with Crippen LogP contribution in [0.2, 0.25) is 0 Å². The van der Waals surface area contributed by atoms with Gasteiger partial charge in [0.2, 0.25) is 5.91 Å². The maximum atomic E-state index is 14.2. The van der Waals surface area contributed by atoms with Gasteiger partial charge in [0, 0.05) is 17.1 Å². The molecule has 1 aliphatic heterocycles. The second kappa shape index (κ2) is 6.91. The van der Waals surface area contributed by atoms with Crippen molar-refractivity contribution in [3.05, 3.63) is 56.2 Å². The van der Waals surface area contributed by atoms with Crippen molar-refractivity contribution >= 4 is 39.2 Å². The smallest absolute Gasteiger partial charge is 0.341 e. The maximum Gasteiger partial charge on any atom is 0.341 e. The molecule has 7 nitrogen and oxygen atoms in total. The summed E-state index contributed by atoms with van der Waals surface area (Å²) < 4.78 is 20.8. The van der Waals surface area contributed by atoms with Crippen LogP contribution in [0.15, 0.2) is 33.5 Å². The van der Waals surface area contributed by atoms with Gasteiger partial charge in [-0.1, -0.05) is 15.9 Å². The number of pyridine rings is 1. The van der Waals surface area contributed by atoms with Gasteiger partial charge in [0.15, 0.2) is 0 Å².